The minimum atomic E-state index is -0.205. The minimum absolute atomic E-state index is 0.205. The molecule has 0 radical (unpaired) electrons. The van der Waals surface area contributed by atoms with Gasteiger partial charge in [-0.2, -0.15) is 0 Å². The SMILES string of the molecule is C#CCNC(=O)c1ccc(N)c(Br)c1. The molecule has 0 saturated carbocycles. The summed E-state index contributed by atoms with van der Waals surface area (Å²) in [6.45, 7) is 0.223. The van der Waals surface area contributed by atoms with E-state index in [1.54, 1.807) is 18.2 Å². The summed E-state index contributed by atoms with van der Waals surface area (Å²) in [4.78, 5) is 11.4. The number of anilines is 1. The van der Waals surface area contributed by atoms with Crippen LogP contribution in [-0.2, 0) is 0 Å². The van der Waals surface area contributed by atoms with E-state index in [0.29, 0.717) is 15.7 Å². The molecule has 0 aliphatic carbocycles. The number of carbonyl (C=O) groups is 1. The van der Waals surface area contributed by atoms with Gasteiger partial charge in [-0.15, -0.1) is 6.42 Å². The Bertz CT molecular complexity index is 396. The number of halogens is 1. The highest BCUT2D eigenvalue weighted by atomic mass is 79.9. The molecule has 1 amide bonds. The fraction of sp³-hybridized carbons (Fsp3) is 0.100. The first-order valence-corrected chi connectivity index (χ1v) is 4.71. The van der Waals surface area contributed by atoms with Crippen LogP contribution in [0.15, 0.2) is 22.7 Å². The zero-order valence-corrected chi connectivity index (χ0v) is 8.97. The first kappa shape index (κ1) is 10.6. The number of hydrogen-bond acceptors (Lipinski definition) is 2. The van der Waals surface area contributed by atoms with Gasteiger partial charge >= 0.3 is 0 Å². The Labute approximate surface area is 90.8 Å². The van der Waals surface area contributed by atoms with E-state index in [-0.39, 0.29) is 12.5 Å². The number of benzene rings is 1. The number of hydrogen-bond donors (Lipinski definition) is 2. The van der Waals surface area contributed by atoms with E-state index in [1.807, 2.05) is 0 Å². The first-order chi connectivity index (χ1) is 6.65. The summed E-state index contributed by atoms with van der Waals surface area (Å²) < 4.78 is 0.700. The first-order valence-electron chi connectivity index (χ1n) is 3.92. The van der Waals surface area contributed by atoms with Crippen LogP contribution in [0.2, 0.25) is 0 Å². The molecule has 0 bridgehead atoms. The molecule has 1 rings (SSSR count). The average Bonchev–Trinajstić information content (AvgIpc) is 2.18. The lowest BCUT2D eigenvalue weighted by molar-refractivity contribution is 0.0958. The van der Waals surface area contributed by atoms with Crippen LogP contribution in [0.3, 0.4) is 0 Å². The predicted molar refractivity (Wildman–Crippen MR) is 59.7 cm³/mol. The molecule has 0 aliphatic rings. The molecule has 3 nitrogen and oxygen atoms in total. The third kappa shape index (κ3) is 2.51. The third-order valence-corrected chi connectivity index (χ3v) is 2.30. The van der Waals surface area contributed by atoms with Gasteiger partial charge in [-0.3, -0.25) is 4.79 Å². The summed E-state index contributed by atoms with van der Waals surface area (Å²) in [5, 5.41) is 2.56. The van der Waals surface area contributed by atoms with Crippen LogP contribution in [0.4, 0.5) is 5.69 Å². The monoisotopic (exact) mass is 252 g/mol. The third-order valence-electron chi connectivity index (χ3n) is 1.61. The van der Waals surface area contributed by atoms with E-state index in [9.17, 15) is 4.79 Å². The second-order valence-corrected chi connectivity index (χ2v) is 3.48. The van der Waals surface area contributed by atoms with Gasteiger partial charge in [0.15, 0.2) is 0 Å². The summed E-state index contributed by atoms with van der Waals surface area (Å²) >= 11 is 3.24. The Morgan fingerprint density at radius 1 is 1.64 bits per heavy atom. The highest BCUT2D eigenvalue weighted by Gasteiger charge is 2.05. The maximum Gasteiger partial charge on any atom is 0.252 e. The van der Waals surface area contributed by atoms with Gasteiger partial charge in [0, 0.05) is 15.7 Å². The fourth-order valence-corrected chi connectivity index (χ4v) is 1.28. The number of carbonyl (C=O) groups excluding carboxylic acids is 1. The molecule has 0 unspecified atom stereocenters. The van der Waals surface area contributed by atoms with Crippen molar-refractivity contribution in [3.63, 3.8) is 0 Å². The lowest BCUT2D eigenvalue weighted by Gasteiger charge is -2.03. The van der Waals surface area contributed by atoms with Crippen LogP contribution < -0.4 is 11.1 Å². The Morgan fingerprint density at radius 3 is 2.93 bits per heavy atom. The minimum Gasteiger partial charge on any atom is -0.398 e. The van der Waals surface area contributed by atoms with Crippen LogP contribution in [0, 0.1) is 12.3 Å². The van der Waals surface area contributed by atoms with Crippen molar-refractivity contribution in [3.8, 4) is 12.3 Å². The van der Waals surface area contributed by atoms with Crippen LogP contribution in [-0.4, -0.2) is 12.5 Å². The van der Waals surface area contributed by atoms with E-state index in [0.717, 1.165) is 0 Å². The molecule has 0 atom stereocenters. The predicted octanol–water partition coefficient (Wildman–Crippen LogP) is 1.39. The highest BCUT2D eigenvalue weighted by molar-refractivity contribution is 9.10. The number of nitrogens with two attached hydrogens (primary N) is 1. The summed E-state index contributed by atoms with van der Waals surface area (Å²) in [5.74, 6) is 2.12. The van der Waals surface area contributed by atoms with Gasteiger partial charge in [0.1, 0.15) is 0 Å². The fourth-order valence-electron chi connectivity index (χ4n) is 0.902. The van der Waals surface area contributed by atoms with Crippen molar-refractivity contribution in [3.05, 3.63) is 28.2 Å². The van der Waals surface area contributed by atoms with Gasteiger partial charge in [0.05, 0.1) is 6.54 Å². The maximum absolute atomic E-state index is 11.4. The lowest BCUT2D eigenvalue weighted by Crippen LogP contribution is -2.23. The second-order valence-electron chi connectivity index (χ2n) is 2.62. The van der Waals surface area contributed by atoms with Crippen molar-refractivity contribution < 1.29 is 4.79 Å². The summed E-state index contributed by atoms with van der Waals surface area (Å²) in [7, 11) is 0. The molecule has 1 aromatic rings. The topological polar surface area (TPSA) is 55.1 Å². The van der Waals surface area contributed by atoms with Crippen molar-refractivity contribution in [2.75, 3.05) is 12.3 Å². The summed E-state index contributed by atoms with van der Waals surface area (Å²) in [6, 6.07) is 4.96. The van der Waals surface area contributed by atoms with Gasteiger partial charge < -0.3 is 11.1 Å². The standard InChI is InChI=1S/C10H9BrN2O/c1-2-5-13-10(14)7-3-4-9(12)8(11)6-7/h1,3-4,6H,5,12H2,(H,13,14). The molecule has 0 heterocycles. The van der Waals surface area contributed by atoms with Crippen LogP contribution in [0.5, 0.6) is 0 Å². The molecule has 1 aromatic carbocycles. The number of nitrogen functional groups attached to an aromatic ring is 1. The molecule has 4 heteroatoms. The molecular weight excluding hydrogens is 244 g/mol. The van der Waals surface area contributed by atoms with Gasteiger partial charge in [-0.25, -0.2) is 0 Å². The second kappa shape index (κ2) is 4.68. The molecule has 0 fully saturated rings. The highest BCUT2D eigenvalue weighted by Crippen LogP contribution is 2.20. The van der Waals surface area contributed by atoms with Crippen LogP contribution in [0.1, 0.15) is 10.4 Å². The van der Waals surface area contributed by atoms with Crippen LogP contribution in [0.25, 0.3) is 0 Å². The molecule has 0 saturated heterocycles. The Morgan fingerprint density at radius 2 is 2.36 bits per heavy atom. The lowest BCUT2D eigenvalue weighted by atomic mass is 10.2. The maximum atomic E-state index is 11.4. The Balaban J connectivity index is 2.82. The normalized spacial score (nSPS) is 9.14. The molecule has 72 valence electrons. The van der Waals surface area contributed by atoms with Gasteiger partial charge in [0.2, 0.25) is 0 Å². The van der Waals surface area contributed by atoms with Crippen molar-refractivity contribution in [1.82, 2.24) is 5.32 Å². The number of nitrogens with one attached hydrogen (secondary N) is 1. The van der Waals surface area contributed by atoms with Gasteiger partial charge in [-0.1, -0.05) is 5.92 Å². The summed E-state index contributed by atoms with van der Waals surface area (Å²) in [6.07, 6.45) is 5.01. The van der Waals surface area contributed by atoms with Crippen molar-refractivity contribution in [2.24, 2.45) is 0 Å². The zero-order valence-electron chi connectivity index (χ0n) is 7.38. The van der Waals surface area contributed by atoms with E-state index < -0.39 is 0 Å². The largest absolute Gasteiger partial charge is 0.398 e. The number of terminal acetylenes is 1. The zero-order chi connectivity index (χ0) is 10.6. The van der Waals surface area contributed by atoms with E-state index >= 15 is 0 Å². The molecule has 0 aromatic heterocycles. The molecule has 3 N–H and O–H groups in total. The number of rotatable bonds is 2. The van der Waals surface area contributed by atoms with Crippen molar-refractivity contribution in [2.45, 2.75) is 0 Å². The smallest absolute Gasteiger partial charge is 0.252 e. The quantitative estimate of drug-likeness (QED) is 0.618. The van der Waals surface area contributed by atoms with E-state index in [1.165, 1.54) is 0 Å². The van der Waals surface area contributed by atoms with E-state index in [4.69, 9.17) is 12.2 Å². The Kier molecular flexibility index (Phi) is 3.55. The van der Waals surface area contributed by atoms with E-state index in [2.05, 4.69) is 27.2 Å². The van der Waals surface area contributed by atoms with Crippen molar-refractivity contribution >= 4 is 27.5 Å². The van der Waals surface area contributed by atoms with Gasteiger partial charge in [-0.05, 0) is 34.1 Å². The summed E-state index contributed by atoms with van der Waals surface area (Å²) in [5.41, 5.74) is 6.70. The molecular formula is C10H9BrN2O. The van der Waals surface area contributed by atoms with Crippen molar-refractivity contribution in [1.29, 1.82) is 0 Å². The van der Waals surface area contributed by atoms with Crippen LogP contribution >= 0.6 is 15.9 Å². The van der Waals surface area contributed by atoms with Gasteiger partial charge in [0.25, 0.3) is 5.91 Å². The number of amides is 1. The Hall–Kier alpha value is -1.47. The molecule has 0 aliphatic heterocycles. The molecule has 0 spiro atoms. The molecule has 14 heavy (non-hydrogen) atoms. The average molecular weight is 253 g/mol.